The monoisotopic (exact) mass is 409 g/mol. The number of rotatable bonds is 2. The molecule has 1 aliphatic heterocycles. The van der Waals surface area contributed by atoms with Crippen molar-refractivity contribution < 1.29 is 4.74 Å². The average Bonchev–Trinajstić information content (AvgIpc) is 2.48. The molecule has 0 bridgehead atoms. The summed E-state index contributed by atoms with van der Waals surface area (Å²) in [5.74, 6) is 0.959. The number of hydrogen-bond donors (Lipinski definition) is 1. The van der Waals surface area contributed by atoms with Crippen LogP contribution in [-0.4, -0.2) is 7.05 Å². The van der Waals surface area contributed by atoms with Gasteiger partial charge in [-0.1, -0.05) is 50.1 Å². The van der Waals surface area contributed by atoms with Gasteiger partial charge in [0, 0.05) is 27.0 Å². The summed E-state index contributed by atoms with van der Waals surface area (Å²) in [6.45, 7) is 2.11. The number of halogens is 2. The van der Waals surface area contributed by atoms with Gasteiger partial charge in [0.15, 0.2) is 0 Å². The van der Waals surface area contributed by atoms with E-state index in [9.17, 15) is 0 Å². The quantitative estimate of drug-likeness (QED) is 0.724. The highest BCUT2D eigenvalue weighted by molar-refractivity contribution is 9.10. The molecule has 4 heteroatoms. The zero-order valence-corrected chi connectivity index (χ0v) is 15.2. The first-order chi connectivity index (χ1) is 10.1. The van der Waals surface area contributed by atoms with Crippen LogP contribution in [0.5, 0.6) is 5.75 Å². The number of hydrogen-bond acceptors (Lipinski definition) is 2. The summed E-state index contributed by atoms with van der Waals surface area (Å²) in [5, 5.41) is 3.40. The molecule has 0 saturated carbocycles. The van der Waals surface area contributed by atoms with Crippen molar-refractivity contribution in [2.75, 3.05) is 7.05 Å². The van der Waals surface area contributed by atoms with Crippen LogP contribution in [0.2, 0.25) is 0 Å². The Morgan fingerprint density at radius 3 is 2.67 bits per heavy atom. The topological polar surface area (TPSA) is 21.3 Å². The van der Waals surface area contributed by atoms with Crippen LogP contribution < -0.4 is 10.1 Å². The molecule has 2 aromatic carbocycles. The Morgan fingerprint density at radius 1 is 1.14 bits per heavy atom. The first-order valence-electron chi connectivity index (χ1n) is 6.98. The molecule has 0 aliphatic carbocycles. The van der Waals surface area contributed by atoms with Crippen LogP contribution >= 0.6 is 31.9 Å². The molecule has 0 amide bonds. The summed E-state index contributed by atoms with van der Waals surface area (Å²) < 4.78 is 8.42. The standard InChI is InChI=1S/C17H17Br2NO/c1-10-7-11(3-6-14(10)19)16-9-15(20-2)13-5-4-12(18)8-17(13)21-16/h3-8,15-16,20H,9H2,1-2H3. The van der Waals surface area contributed by atoms with E-state index in [4.69, 9.17) is 4.74 Å². The number of ether oxygens (including phenoxy) is 1. The molecule has 3 rings (SSSR count). The molecular weight excluding hydrogens is 394 g/mol. The summed E-state index contributed by atoms with van der Waals surface area (Å²) in [6.07, 6.45) is 1.02. The van der Waals surface area contributed by atoms with E-state index in [1.165, 1.54) is 16.7 Å². The lowest BCUT2D eigenvalue weighted by Crippen LogP contribution is -2.26. The smallest absolute Gasteiger partial charge is 0.126 e. The van der Waals surface area contributed by atoms with E-state index in [0.717, 1.165) is 21.1 Å². The Balaban J connectivity index is 1.97. The van der Waals surface area contributed by atoms with Crippen LogP contribution in [0.4, 0.5) is 0 Å². The van der Waals surface area contributed by atoms with Crippen molar-refractivity contribution in [1.29, 1.82) is 0 Å². The third-order valence-corrected chi connectivity index (χ3v) is 5.36. The maximum Gasteiger partial charge on any atom is 0.126 e. The third kappa shape index (κ3) is 3.03. The van der Waals surface area contributed by atoms with Crippen LogP contribution in [0.25, 0.3) is 0 Å². The SMILES string of the molecule is CNC1CC(c2ccc(Br)c(C)c2)Oc2cc(Br)ccc21. The number of aryl methyl sites for hydroxylation is 1. The Hall–Kier alpha value is -0.840. The lowest BCUT2D eigenvalue weighted by atomic mass is 9.92. The molecule has 21 heavy (non-hydrogen) atoms. The third-order valence-electron chi connectivity index (χ3n) is 3.97. The van der Waals surface area contributed by atoms with E-state index in [0.29, 0.717) is 6.04 Å². The summed E-state index contributed by atoms with van der Waals surface area (Å²) in [6, 6.07) is 13.0. The number of benzene rings is 2. The van der Waals surface area contributed by atoms with Gasteiger partial charge in [-0.05, 0) is 43.3 Å². The molecule has 1 heterocycles. The maximum absolute atomic E-state index is 6.24. The second-order valence-electron chi connectivity index (χ2n) is 5.37. The molecule has 1 aliphatic rings. The highest BCUT2D eigenvalue weighted by Gasteiger charge is 2.28. The van der Waals surface area contributed by atoms with Gasteiger partial charge >= 0.3 is 0 Å². The minimum Gasteiger partial charge on any atom is -0.485 e. The van der Waals surface area contributed by atoms with E-state index in [1.807, 2.05) is 7.05 Å². The van der Waals surface area contributed by atoms with Gasteiger partial charge in [0.05, 0.1) is 0 Å². The predicted molar refractivity (Wildman–Crippen MR) is 92.8 cm³/mol. The molecule has 2 atom stereocenters. The van der Waals surface area contributed by atoms with Crippen LogP contribution in [0.1, 0.15) is 35.3 Å². The summed E-state index contributed by atoms with van der Waals surface area (Å²) in [7, 11) is 2.01. The highest BCUT2D eigenvalue weighted by Crippen LogP contribution is 2.42. The van der Waals surface area contributed by atoms with Crippen molar-refractivity contribution in [2.45, 2.75) is 25.5 Å². The molecule has 0 radical (unpaired) electrons. The van der Waals surface area contributed by atoms with Gasteiger partial charge < -0.3 is 10.1 Å². The van der Waals surface area contributed by atoms with Crippen LogP contribution in [0.15, 0.2) is 45.3 Å². The summed E-state index contributed by atoms with van der Waals surface area (Å²) >= 11 is 7.08. The minimum atomic E-state index is 0.0797. The average molecular weight is 411 g/mol. The zero-order valence-electron chi connectivity index (χ0n) is 12.0. The Kier molecular flexibility index (Phi) is 4.38. The molecule has 110 valence electrons. The Bertz CT molecular complexity index is 672. The molecule has 1 N–H and O–H groups in total. The fraction of sp³-hybridized carbons (Fsp3) is 0.294. The van der Waals surface area contributed by atoms with E-state index >= 15 is 0 Å². The van der Waals surface area contributed by atoms with E-state index in [2.05, 4.69) is 80.5 Å². The van der Waals surface area contributed by atoms with Gasteiger partial charge in [-0.2, -0.15) is 0 Å². The molecule has 0 saturated heterocycles. The number of nitrogens with one attached hydrogen (secondary N) is 1. The molecule has 2 aromatic rings. The molecule has 0 spiro atoms. The van der Waals surface area contributed by atoms with Crippen LogP contribution in [-0.2, 0) is 0 Å². The minimum absolute atomic E-state index is 0.0797. The van der Waals surface area contributed by atoms with Crippen molar-refractivity contribution in [3.8, 4) is 5.75 Å². The highest BCUT2D eigenvalue weighted by atomic mass is 79.9. The van der Waals surface area contributed by atoms with Crippen molar-refractivity contribution >= 4 is 31.9 Å². The van der Waals surface area contributed by atoms with Crippen molar-refractivity contribution in [2.24, 2.45) is 0 Å². The second-order valence-corrected chi connectivity index (χ2v) is 7.14. The lowest BCUT2D eigenvalue weighted by Gasteiger charge is -2.32. The maximum atomic E-state index is 6.24. The first-order valence-corrected chi connectivity index (χ1v) is 8.56. The molecule has 0 fully saturated rings. The van der Waals surface area contributed by atoms with Gasteiger partial charge in [0.25, 0.3) is 0 Å². The molecule has 2 nitrogen and oxygen atoms in total. The lowest BCUT2D eigenvalue weighted by molar-refractivity contribution is 0.153. The number of fused-ring (bicyclic) bond motifs is 1. The van der Waals surface area contributed by atoms with E-state index in [-0.39, 0.29) is 6.10 Å². The zero-order chi connectivity index (χ0) is 15.0. The van der Waals surface area contributed by atoms with Gasteiger partial charge in [-0.3, -0.25) is 0 Å². The molecule has 2 unspecified atom stereocenters. The Labute approximate surface area is 142 Å². The van der Waals surface area contributed by atoms with Gasteiger partial charge in [-0.15, -0.1) is 0 Å². The predicted octanol–water partition coefficient (Wildman–Crippen LogP) is 5.30. The van der Waals surface area contributed by atoms with Gasteiger partial charge in [0.2, 0.25) is 0 Å². The summed E-state index contributed by atoms with van der Waals surface area (Å²) in [5.41, 5.74) is 3.68. The normalized spacial score (nSPS) is 20.8. The van der Waals surface area contributed by atoms with Crippen LogP contribution in [0.3, 0.4) is 0 Å². The largest absolute Gasteiger partial charge is 0.485 e. The fourth-order valence-corrected chi connectivity index (χ4v) is 3.37. The second kappa shape index (κ2) is 6.11. The van der Waals surface area contributed by atoms with Crippen molar-refractivity contribution in [3.05, 3.63) is 62.0 Å². The Morgan fingerprint density at radius 2 is 1.95 bits per heavy atom. The van der Waals surface area contributed by atoms with E-state index < -0.39 is 0 Å². The first kappa shape index (κ1) is 15.1. The van der Waals surface area contributed by atoms with Crippen LogP contribution in [0, 0.1) is 6.92 Å². The van der Waals surface area contributed by atoms with Gasteiger partial charge in [-0.25, -0.2) is 0 Å². The summed E-state index contributed by atoms with van der Waals surface area (Å²) in [4.78, 5) is 0. The van der Waals surface area contributed by atoms with Gasteiger partial charge in [0.1, 0.15) is 11.9 Å². The fourth-order valence-electron chi connectivity index (χ4n) is 2.79. The van der Waals surface area contributed by atoms with Crippen molar-refractivity contribution in [3.63, 3.8) is 0 Å². The molecule has 0 aromatic heterocycles. The van der Waals surface area contributed by atoms with E-state index in [1.54, 1.807) is 0 Å². The molecular formula is C17H17Br2NO. The van der Waals surface area contributed by atoms with Crippen molar-refractivity contribution in [1.82, 2.24) is 5.32 Å².